The van der Waals surface area contributed by atoms with Crippen LogP contribution in [-0.4, -0.2) is 48.2 Å². The fourth-order valence-corrected chi connectivity index (χ4v) is 3.58. The third-order valence-electron chi connectivity index (χ3n) is 5.18. The monoisotopic (exact) mass is 604 g/mol. The summed E-state index contributed by atoms with van der Waals surface area (Å²) >= 11 is 6.29. The molecule has 41 heavy (non-hydrogen) atoms. The van der Waals surface area contributed by atoms with Gasteiger partial charge in [-0.3, -0.25) is 4.79 Å². The van der Waals surface area contributed by atoms with Crippen LogP contribution in [0.2, 0.25) is 5.02 Å². The second-order valence-electron chi connectivity index (χ2n) is 8.00. The summed E-state index contributed by atoms with van der Waals surface area (Å²) in [5.41, 5.74) is 12.6. The molecule has 0 unspecified atom stereocenters. The fourth-order valence-electron chi connectivity index (χ4n) is 3.34. The number of nitrogens with one attached hydrogen (secondary N) is 1. The van der Waals surface area contributed by atoms with Crippen LogP contribution in [0.5, 0.6) is 11.5 Å². The molecule has 0 fully saturated rings. The highest BCUT2D eigenvalue weighted by Crippen LogP contribution is 2.24. The topological polar surface area (TPSA) is 200 Å². The summed E-state index contributed by atoms with van der Waals surface area (Å²) in [6, 6.07) is 16.3. The number of hydrogen-bond donors (Lipinski definition) is 4. The Labute approximate surface area is 245 Å². The molecule has 0 aromatic heterocycles. The van der Waals surface area contributed by atoms with Gasteiger partial charge in [0.05, 0.1) is 24.8 Å². The van der Waals surface area contributed by atoms with Gasteiger partial charge >= 0.3 is 18.1 Å². The first kappa shape index (κ1) is 34.1. The number of carboxylic acids is 1. The van der Waals surface area contributed by atoms with Crippen molar-refractivity contribution < 1.29 is 38.6 Å². The Balaban J connectivity index is 0.00000201. The van der Waals surface area contributed by atoms with E-state index in [0.717, 1.165) is 5.56 Å². The van der Waals surface area contributed by atoms with E-state index in [2.05, 4.69) is 10.3 Å². The van der Waals surface area contributed by atoms with Crippen molar-refractivity contribution in [1.29, 1.82) is 0 Å². The van der Waals surface area contributed by atoms with E-state index in [1.54, 1.807) is 36.4 Å². The van der Waals surface area contributed by atoms with Crippen molar-refractivity contribution >= 4 is 59.7 Å². The Bertz CT molecular complexity index is 1400. The third-order valence-corrected chi connectivity index (χ3v) is 5.53. The van der Waals surface area contributed by atoms with Gasteiger partial charge in [0.2, 0.25) is 5.91 Å². The lowest BCUT2D eigenvalue weighted by atomic mass is 10.0. The molecule has 0 saturated carbocycles. The van der Waals surface area contributed by atoms with Crippen LogP contribution in [0.3, 0.4) is 0 Å². The number of amides is 1. The minimum Gasteiger partial charge on any atom is -0.497 e. The van der Waals surface area contributed by atoms with Crippen molar-refractivity contribution in [3.63, 3.8) is 0 Å². The predicted octanol–water partition coefficient (Wildman–Crippen LogP) is 2.67. The van der Waals surface area contributed by atoms with Gasteiger partial charge in [-0.1, -0.05) is 29.8 Å². The van der Waals surface area contributed by atoms with E-state index in [0.29, 0.717) is 17.0 Å². The number of aliphatic carboxylic acids is 1. The number of benzene rings is 3. The zero-order chi connectivity index (χ0) is 29.7. The molecule has 3 aromatic carbocycles. The normalized spacial score (nSPS) is 10.3. The highest BCUT2D eigenvalue weighted by atomic mass is 35.5. The van der Waals surface area contributed by atoms with Gasteiger partial charge in [-0.25, -0.2) is 14.6 Å². The van der Waals surface area contributed by atoms with E-state index in [1.165, 1.54) is 37.4 Å². The number of carbonyl (C=O) groups excluding carboxylic acids is 4. The molecule has 0 spiro atoms. The minimum atomic E-state index is -1.16. The zero-order valence-corrected chi connectivity index (χ0v) is 23.1. The van der Waals surface area contributed by atoms with Crippen LogP contribution in [0.15, 0.2) is 71.7 Å². The summed E-state index contributed by atoms with van der Waals surface area (Å²) in [5.74, 6) is -1.59. The maximum absolute atomic E-state index is 12.5. The van der Waals surface area contributed by atoms with Crippen molar-refractivity contribution in [1.82, 2.24) is 5.32 Å². The van der Waals surface area contributed by atoms with Crippen LogP contribution < -0.4 is 26.3 Å². The molecule has 1 atom stereocenters. The molecule has 14 heteroatoms. The summed E-state index contributed by atoms with van der Waals surface area (Å²) in [6.07, 6.45) is 0.187. The number of ether oxygens (including phenoxy) is 2. The predicted molar refractivity (Wildman–Crippen MR) is 151 cm³/mol. The zero-order valence-electron chi connectivity index (χ0n) is 21.5. The highest BCUT2D eigenvalue weighted by Gasteiger charge is 2.21. The van der Waals surface area contributed by atoms with Crippen LogP contribution >= 0.6 is 24.0 Å². The lowest BCUT2D eigenvalue weighted by Crippen LogP contribution is -2.43. The van der Waals surface area contributed by atoms with Gasteiger partial charge in [0.1, 0.15) is 17.5 Å². The first-order chi connectivity index (χ1) is 19.1. The standard InChI is InChI=1S/C26H25ClN4O6.CO2.ClH/c1-36-19-9-2-15(3-10-19)12-22(24(33)34)31-23(32)13-17-6-11-20(14-21(17)27)37-25(35)16-4-7-18(8-5-16)30-26(28)29;2-1-3;/h2-11,14,22H,12-13H2,1H3,(H,31,32)(H,33,34)(H4,28,29,30);;1H/t22-;;/m0../s1. The van der Waals surface area contributed by atoms with Gasteiger partial charge in [0.15, 0.2) is 5.96 Å². The summed E-state index contributed by atoms with van der Waals surface area (Å²) in [5, 5.41) is 12.2. The number of aliphatic imine (C=N–C) groups is 1. The molecule has 0 aliphatic carbocycles. The average molecular weight is 605 g/mol. The van der Waals surface area contributed by atoms with E-state index in [4.69, 9.17) is 42.1 Å². The van der Waals surface area contributed by atoms with Crippen molar-refractivity contribution in [2.24, 2.45) is 16.5 Å². The average Bonchev–Trinajstić information content (AvgIpc) is 2.90. The van der Waals surface area contributed by atoms with Crippen LogP contribution in [0.4, 0.5) is 5.69 Å². The molecule has 216 valence electrons. The quantitative estimate of drug-likeness (QED) is 0.115. The highest BCUT2D eigenvalue weighted by molar-refractivity contribution is 6.31. The van der Waals surface area contributed by atoms with Gasteiger partial charge in [0.25, 0.3) is 0 Å². The smallest absolute Gasteiger partial charge is 0.373 e. The number of esters is 1. The first-order valence-corrected chi connectivity index (χ1v) is 11.8. The fraction of sp³-hybridized carbons (Fsp3) is 0.148. The molecule has 3 rings (SSSR count). The van der Waals surface area contributed by atoms with Gasteiger partial charge in [-0.2, -0.15) is 9.59 Å². The van der Waals surface area contributed by atoms with Gasteiger partial charge in [-0.05, 0) is 59.7 Å². The number of rotatable bonds is 10. The van der Waals surface area contributed by atoms with Crippen LogP contribution in [0, 0.1) is 0 Å². The van der Waals surface area contributed by atoms with E-state index < -0.39 is 23.9 Å². The van der Waals surface area contributed by atoms with Crippen LogP contribution in [0.25, 0.3) is 0 Å². The van der Waals surface area contributed by atoms with E-state index in [9.17, 15) is 19.5 Å². The SMILES string of the molecule is COc1ccc(C[C@H](NC(=O)Cc2ccc(OC(=O)c3ccc(N=C(N)N)cc3)cc2Cl)C(=O)O)cc1.Cl.O=C=O. The second kappa shape index (κ2) is 16.9. The number of halogens is 2. The third kappa shape index (κ3) is 11.4. The van der Waals surface area contributed by atoms with Gasteiger partial charge in [0, 0.05) is 11.4 Å². The van der Waals surface area contributed by atoms with Crippen LogP contribution in [0.1, 0.15) is 21.5 Å². The Hall–Kier alpha value is -4.90. The molecule has 6 N–H and O–H groups in total. The number of methoxy groups -OCH3 is 1. The van der Waals surface area contributed by atoms with Crippen molar-refractivity contribution in [2.45, 2.75) is 18.9 Å². The summed E-state index contributed by atoms with van der Waals surface area (Å²) in [7, 11) is 1.53. The Morgan fingerprint density at radius 2 is 1.59 bits per heavy atom. The number of nitrogens with zero attached hydrogens (tertiary/aromatic N) is 1. The van der Waals surface area contributed by atoms with E-state index in [-0.39, 0.29) is 53.7 Å². The molecular weight excluding hydrogens is 579 g/mol. The van der Waals surface area contributed by atoms with Crippen molar-refractivity contribution in [2.75, 3.05) is 7.11 Å². The number of nitrogens with two attached hydrogens (primary N) is 2. The molecule has 0 saturated heterocycles. The van der Waals surface area contributed by atoms with E-state index in [1.807, 2.05) is 0 Å². The Morgan fingerprint density at radius 3 is 2.10 bits per heavy atom. The summed E-state index contributed by atoms with van der Waals surface area (Å²) in [6.45, 7) is 0. The van der Waals surface area contributed by atoms with Crippen molar-refractivity contribution in [3.05, 3.63) is 88.4 Å². The molecule has 3 aromatic rings. The molecule has 0 heterocycles. The molecule has 0 aliphatic rings. The lowest BCUT2D eigenvalue weighted by molar-refractivity contribution is -0.191. The van der Waals surface area contributed by atoms with Gasteiger partial charge < -0.3 is 31.4 Å². The maximum Gasteiger partial charge on any atom is 0.373 e. The Morgan fingerprint density at radius 1 is 1.00 bits per heavy atom. The molecule has 1 amide bonds. The Kier molecular flexibility index (Phi) is 14.1. The number of hydrogen-bond acceptors (Lipinski definition) is 8. The van der Waals surface area contributed by atoms with Gasteiger partial charge in [-0.15, -0.1) is 12.4 Å². The number of guanidine groups is 1. The number of carboxylic acid groups (broad SMARTS) is 1. The molecular formula is C27H26Cl2N4O8. The second-order valence-corrected chi connectivity index (χ2v) is 8.40. The maximum atomic E-state index is 12.5. The van der Waals surface area contributed by atoms with E-state index >= 15 is 0 Å². The van der Waals surface area contributed by atoms with Crippen molar-refractivity contribution in [3.8, 4) is 11.5 Å². The summed E-state index contributed by atoms with van der Waals surface area (Å²) in [4.78, 5) is 56.8. The number of carbonyl (C=O) groups is 3. The summed E-state index contributed by atoms with van der Waals surface area (Å²) < 4.78 is 10.4. The molecule has 0 radical (unpaired) electrons. The first-order valence-electron chi connectivity index (χ1n) is 11.4. The largest absolute Gasteiger partial charge is 0.497 e. The minimum absolute atomic E-state index is 0. The molecule has 0 bridgehead atoms. The molecule has 0 aliphatic heterocycles. The lowest BCUT2D eigenvalue weighted by Gasteiger charge is -2.15. The van der Waals surface area contributed by atoms with Crippen LogP contribution in [-0.2, 0) is 32.0 Å². The molecule has 12 nitrogen and oxygen atoms in total.